The number of thioether (sulfide) groups is 1. The van der Waals surface area contributed by atoms with Gasteiger partial charge in [0.1, 0.15) is 11.9 Å². The molecule has 3 aromatic carbocycles. The number of benzene rings is 3. The normalized spacial score (nSPS) is 14.6. The Hall–Kier alpha value is -4.11. The van der Waals surface area contributed by atoms with Gasteiger partial charge in [-0.05, 0) is 54.8 Å². The van der Waals surface area contributed by atoms with Crippen molar-refractivity contribution in [3.63, 3.8) is 0 Å². The van der Waals surface area contributed by atoms with Crippen LogP contribution in [-0.2, 0) is 10.5 Å². The van der Waals surface area contributed by atoms with Crippen LogP contribution < -0.4 is 15.5 Å². The van der Waals surface area contributed by atoms with Crippen LogP contribution >= 0.6 is 11.8 Å². The zero-order chi connectivity index (χ0) is 26.8. The van der Waals surface area contributed by atoms with Gasteiger partial charge in [-0.15, -0.1) is 5.10 Å². The van der Waals surface area contributed by atoms with Crippen LogP contribution in [0.25, 0.3) is 0 Å². The summed E-state index contributed by atoms with van der Waals surface area (Å²) in [6, 6.07) is 21.9. The van der Waals surface area contributed by atoms with Crippen molar-refractivity contribution in [2.24, 2.45) is 0 Å². The predicted molar refractivity (Wildman–Crippen MR) is 151 cm³/mol. The number of para-hydroxylation sites is 1. The molecule has 0 bridgehead atoms. The van der Waals surface area contributed by atoms with Crippen LogP contribution in [0.15, 0.2) is 89.2 Å². The molecule has 194 valence electrons. The molecule has 9 heteroatoms. The Balaban J connectivity index is 1.51. The topological polar surface area (TPSA) is 75.1 Å². The van der Waals surface area contributed by atoms with E-state index in [1.807, 2.05) is 87.4 Å². The molecule has 2 N–H and O–H groups in total. The van der Waals surface area contributed by atoms with E-state index >= 15 is 0 Å². The molecule has 1 atom stereocenters. The third-order valence-corrected chi connectivity index (χ3v) is 7.40. The van der Waals surface area contributed by atoms with Crippen molar-refractivity contribution >= 4 is 35.0 Å². The van der Waals surface area contributed by atoms with Crippen molar-refractivity contribution in [2.45, 2.75) is 30.8 Å². The fourth-order valence-electron chi connectivity index (χ4n) is 4.41. The van der Waals surface area contributed by atoms with E-state index in [1.165, 1.54) is 17.8 Å². The minimum Gasteiger partial charge on any atom is -0.378 e. The molecule has 0 saturated carbocycles. The Bertz CT molecular complexity index is 1510. The Labute approximate surface area is 225 Å². The number of hydrogen-bond acceptors (Lipinski definition) is 6. The minimum absolute atomic E-state index is 0.215. The number of allylic oxidation sites excluding steroid dienone is 1. The maximum atomic E-state index is 14.2. The summed E-state index contributed by atoms with van der Waals surface area (Å²) in [6.45, 7) is 3.83. The van der Waals surface area contributed by atoms with E-state index in [-0.39, 0.29) is 11.7 Å². The highest BCUT2D eigenvalue weighted by atomic mass is 32.2. The fraction of sp³-hybridized carbons (Fsp3) is 0.207. The molecule has 1 unspecified atom stereocenters. The van der Waals surface area contributed by atoms with Crippen LogP contribution in [0.2, 0.25) is 0 Å². The summed E-state index contributed by atoms with van der Waals surface area (Å²) in [7, 11) is 3.97. The van der Waals surface area contributed by atoms with Crippen molar-refractivity contribution in [3.05, 3.63) is 107 Å². The van der Waals surface area contributed by atoms with Gasteiger partial charge in [0.25, 0.3) is 5.91 Å². The van der Waals surface area contributed by atoms with Gasteiger partial charge < -0.3 is 15.5 Å². The van der Waals surface area contributed by atoms with Gasteiger partial charge in [0.2, 0.25) is 11.1 Å². The number of hydrogen-bond donors (Lipinski definition) is 2. The van der Waals surface area contributed by atoms with E-state index in [4.69, 9.17) is 5.10 Å². The number of aryl methyl sites for hydroxylation is 1. The lowest BCUT2D eigenvalue weighted by molar-refractivity contribution is -0.113. The van der Waals surface area contributed by atoms with Gasteiger partial charge in [-0.2, -0.15) is 4.98 Å². The molecular weight excluding hydrogens is 499 g/mol. The molecule has 1 amide bonds. The average molecular weight is 529 g/mol. The molecule has 1 aromatic heterocycles. The Kier molecular flexibility index (Phi) is 7.20. The summed E-state index contributed by atoms with van der Waals surface area (Å²) in [6.07, 6.45) is 0. The van der Waals surface area contributed by atoms with Crippen LogP contribution in [0.5, 0.6) is 0 Å². The Morgan fingerprint density at radius 3 is 2.47 bits per heavy atom. The second-order valence-corrected chi connectivity index (χ2v) is 10.3. The first kappa shape index (κ1) is 25.5. The average Bonchev–Trinajstić information content (AvgIpc) is 3.31. The van der Waals surface area contributed by atoms with E-state index in [0.717, 1.165) is 22.5 Å². The number of fused-ring (bicyclic) bond motifs is 1. The molecule has 0 spiro atoms. The van der Waals surface area contributed by atoms with Crippen molar-refractivity contribution in [2.75, 3.05) is 29.6 Å². The smallest absolute Gasteiger partial charge is 0.255 e. The summed E-state index contributed by atoms with van der Waals surface area (Å²) in [5.41, 5.74) is 5.52. The Morgan fingerprint density at radius 1 is 1.05 bits per heavy atom. The number of anilines is 3. The maximum Gasteiger partial charge on any atom is 0.255 e. The van der Waals surface area contributed by atoms with Crippen LogP contribution in [0.4, 0.5) is 21.7 Å². The summed E-state index contributed by atoms with van der Waals surface area (Å²) < 4.78 is 15.9. The van der Waals surface area contributed by atoms with E-state index in [0.29, 0.717) is 33.7 Å². The van der Waals surface area contributed by atoms with Gasteiger partial charge >= 0.3 is 0 Å². The summed E-state index contributed by atoms with van der Waals surface area (Å²) in [4.78, 5) is 20.4. The van der Waals surface area contributed by atoms with Crippen molar-refractivity contribution in [1.29, 1.82) is 0 Å². The van der Waals surface area contributed by atoms with Gasteiger partial charge in [-0.25, -0.2) is 9.07 Å². The third-order valence-electron chi connectivity index (χ3n) is 6.51. The highest BCUT2D eigenvalue weighted by molar-refractivity contribution is 7.98. The second-order valence-electron chi connectivity index (χ2n) is 9.36. The number of halogens is 1. The maximum absolute atomic E-state index is 14.2. The molecule has 1 aliphatic rings. The molecule has 0 saturated heterocycles. The highest BCUT2D eigenvalue weighted by Gasteiger charge is 2.34. The number of carbonyl (C=O) groups is 1. The lowest BCUT2D eigenvalue weighted by Gasteiger charge is -2.29. The van der Waals surface area contributed by atoms with Crippen molar-refractivity contribution in [1.82, 2.24) is 14.8 Å². The third kappa shape index (κ3) is 5.15. The molecule has 1 aliphatic heterocycles. The van der Waals surface area contributed by atoms with Gasteiger partial charge in [-0.3, -0.25) is 4.79 Å². The lowest BCUT2D eigenvalue weighted by Crippen LogP contribution is -2.31. The Morgan fingerprint density at radius 2 is 1.76 bits per heavy atom. The second kappa shape index (κ2) is 10.7. The van der Waals surface area contributed by atoms with E-state index in [9.17, 15) is 9.18 Å². The minimum atomic E-state index is -0.498. The highest BCUT2D eigenvalue weighted by Crippen LogP contribution is 2.37. The van der Waals surface area contributed by atoms with E-state index in [1.54, 1.807) is 16.8 Å². The van der Waals surface area contributed by atoms with Crippen LogP contribution in [-0.4, -0.2) is 34.8 Å². The number of rotatable bonds is 7. The molecule has 7 nitrogen and oxygen atoms in total. The lowest BCUT2D eigenvalue weighted by atomic mass is 9.94. The number of carbonyl (C=O) groups excluding carboxylic acids is 1. The fourth-order valence-corrected chi connectivity index (χ4v) is 5.23. The van der Waals surface area contributed by atoms with Crippen LogP contribution in [0, 0.1) is 12.7 Å². The molecule has 38 heavy (non-hydrogen) atoms. The molecule has 0 radical (unpaired) electrons. The monoisotopic (exact) mass is 528 g/mol. The SMILES string of the molecule is CC1=C(C(=O)Nc2ccccc2C)C(c2ccc(N(C)C)cc2)n2nc(SCc3ccccc3F)nc2N1. The molecular formula is C29H29FN6OS. The standard InChI is InChI=1S/C29H29FN6OS/c1-18-9-5-8-12-24(18)32-27(37)25-19(2)31-28-33-29(38-17-21-10-6-7-11-23(21)30)34-36(28)26(25)20-13-15-22(16-14-20)35(3)4/h5-16,26H,17H2,1-4H3,(H,32,37)(H,31,33,34). The number of amides is 1. The van der Waals surface area contributed by atoms with E-state index in [2.05, 4.69) is 15.6 Å². The first-order chi connectivity index (χ1) is 18.3. The summed E-state index contributed by atoms with van der Waals surface area (Å²) in [5.74, 6) is 0.458. The largest absolute Gasteiger partial charge is 0.378 e. The van der Waals surface area contributed by atoms with E-state index < -0.39 is 6.04 Å². The quantitative estimate of drug-likeness (QED) is 0.286. The van der Waals surface area contributed by atoms with Crippen LogP contribution in [0.3, 0.4) is 0 Å². The first-order valence-corrected chi connectivity index (χ1v) is 13.2. The predicted octanol–water partition coefficient (Wildman–Crippen LogP) is 6.01. The zero-order valence-electron chi connectivity index (χ0n) is 21.7. The van der Waals surface area contributed by atoms with Crippen molar-refractivity contribution < 1.29 is 9.18 Å². The number of nitrogens with zero attached hydrogens (tertiary/aromatic N) is 4. The molecule has 2 heterocycles. The van der Waals surface area contributed by atoms with Gasteiger partial charge in [0.15, 0.2) is 0 Å². The summed E-state index contributed by atoms with van der Waals surface area (Å²) in [5, 5.41) is 11.6. The molecule has 5 rings (SSSR count). The summed E-state index contributed by atoms with van der Waals surface area (Å²) >= 11 is 1.35. The van der Waals surface area contributed by atoms with Gasteiger partial charge in [-0.1, -0.05) is 60.3 Å². The number of aromatic nitrogens is 3. The molecule has 4 aromatic rings. The van der Waals surface area contributed by atoms with Crippen molar-refractivity contribution in [3.8, 4) is 0 Å². The number of nitrogens with one attached hydrogen (secondary N) is 2. The van der Waals surface area contributed by atoms with Gasteiger partial charge in [0.05, 0.1) is 5.57 Å². The molecule has 0 aliphatic carbocycles. The zero-order valence-corrected chi connectivity index (χ0v) is 22.5. The van der Waals surface area contributed by atoms with Crippen LogP contribution in [0.1, 0.15) is 29.7 Å². The van der Waals surface area contributed by atoms with Gasteiger partial charge in [0, 0.05) is 36.9 Å². The molecule has 0 fully saturated rings. The first-order valence-electron chi connectivity index (χ1n) is 12.3.